The van der Waals surface area contributed by atoms with E-state index >= 15 is 0 Å². The molecule has 0 spiro atoms. The Morgan fingerprint density at radius 3 is 2.60 bits per heavy atom. The van der Waals surface area contributed by atoms with Crippen LogP contribution in [0, 0.1) is 0 Å². The van der Waals surface area contributed by atoms with Crippen LogP contribution >= 0.6 is 0 Å². The van der Waals surface area contributed by atoms with Crippen LogP contribution in [-0.4, -0.2) is 32.9 Å². The number of nitrogens with zero attached hydrogens (tertiary/aromatic N) is 2. The Morgan fingerprint density at radius 1 is 1.35 bits per heavy atom. The molecule has 106 valence electrons. The summed E-state index contributed by atoms with van der Waals surface area (Å²) < 4.78 is 1.60. The lowest BCUT2D eigenvalue weighted by Gasteiger charge is -2.16. The van der Waals surface area contributed by atoms with E-state index in [0.717, 1.165) is 5.69 Å². The minimum absolute atomic E-state index is 0.167. The van der Waals surface area contributed by atoms with Gasteiger partial charge in [-0.3, -0.25) is 4.79 Å². The first-order chi connectivity index (χ1) is 9.35. The third-order valence-electron chi connectivity index (χ3n) is 2.66. The van der Waals surface area contributed by atoms with Gasteiger partial charge in [-0.2, -0.15) is 5.10 Å². The highest BCUT2D eigenvalue weighted by Gasteiger charge is 2.16. The Morgan fingerprint density at radius 2 is 2.00 bits per heavy atom. The third-order valence-corrected chi connectivity index (χ3v) is 2.66. The first kappa shape index (κ1) is 14.1. The van der Waals surface area contributed by atoms with Crippen LogP contribution in [0.25, 0.3) is 5.69 Å². The number of amides is 1. The fourth-order valence-electron chi connectivity index (χ4n) is 1.60. The molecular formula is C14H18N4O2. The molecule has 0 aliphatic carbocycles. The van der Waals surface area contributed by atoms with Crippen LogP contribution in [-0.2, 0) is 0 Å². The number of rotatable bonds is 4. The number of nitrogens with two attached hydrogens (primary N) is 1. The van der Waals surface area contributed by atoms with Crippen LogP contribution in [0.4, 0.5) is 5.69 Å². The average Bonchev–Trinajstić information content (AvgIpc) is 2.85. The largest absolute Gasteiger partial charge is 0.399 e. The molecule has 20 heavy (non-hydrogen) atoms. The summed E-state index contributed by atoms with van der Waals surface area (Å²) >= 11 is 0. The average molecular weight is 274 g/mol. The quantitative estimate of drug-likeness (QED) is 0.724. The number of hydrogen-bond acceptors (Lipinski definition) is 4. The van der Waals surface area contributed by atoms with Crippen molar-refractivity contribution >= 4 is 11.6 Å². The van der Waals surface area contributed by atoms with E-state index in [1.807, 2.05) is 12.1 Å². The van der Waals surface area contributed by atoms with E-state index in [-0.39, 0.29) is 12.5 Å². The number of nitrogens with one attached hydrogen (secondary N) is 1. The summed E-state index contributed by atoms with van der Waals surface area (Å²) in [4.78, 5) is 11.9. The van der Waals surface area contributed by atoms with E-state index in [1.165, 1.54) is 0 Å². The molecule has 1 aromatic heterocycles. The van der Waals surface area contributed by atoms with E-state index in [9.17, 15) is 9.90 Å². The van der Waals surface area contributed by atoms with Gasteiger partial charge < -0.3 is 16.2 Å². The zero-order chi connectivity index (χ0) is 14.8. The van der Waals surface area contributed by atoms with E-state index < -0.39 is 5.60 Å². The molecular weight excluding hydrogens is 256 g/mol. The van der Waals surface area contributed by atoms with E-state index in [1.54, 1.807) is 42.9 Å². The third kappa shape index (κ3) is 3.58. The Kier molecular flexibility index (Phi) is 3.76. The maximum Gasteiger partial charge on any atom is 0.271 e. The van der Waals surface area contributed by atoms with Gasteiger partial charge in [0.05, 0.1) is 11.3 Å². The lowest BCUT2D eigenvalue weighted by Crippen LogP contribution is -2.38. The SMILES string of the molecule is CC(C)(O)CNC(=O)c1ccn(-c2ccc(N)cc2)n1. The highest BCUT2D eigenvalue weighted by atomic mass is 16.3. The molecule has 2 aromatic rings. The van der Waals surface area contributed by atoms with Gasteiger partial charge in [0.25, 0.3) is 5.91 Å². The van der Waals surface area contributed by atoms with Gasteiger partial charge in [-0.25, -0.2) is 4.68 Å². The molecule has 2 rings (SSSR count). The van der Waals surface area contributed by atoms with Crippen molar-refractivity contribution in [1.82, 2.24) is 15.1 Å². The van der Waals surface area contributed by atoms with Crippen molar-refractivity contribution in [3.63, 3.8) is 0 Å². The number of carbonyl (C=O) groups excluding carboxylic acids is 1. The summed E-state index contributed by atoms with van der Waals surface area (Å²) in [5.74, 6) is -0.318. The molecule has 0 radical (unpaired) electrons. The van der Waals surface area contributed by atoms with Gasteiger partial charge in [0.1, 0.15) is 0 Å². The molecule has 0 bridgehead atoms. The van der Waals surface area contributed by atoms with Crippen LogP contribution in [0.5, 0.6) is 0 Å². The lowest BCUT2D eigenvalue weighted by atomic mass is 10.1. The summed E-state index contributed by atoms with van der Waals surface area (Å²) in [6.07, 6.45) is 1.70. The second kappa shape index (κ2) is 5.34. The summed E-state index contributed by atoms with van der Waals surface area (Å²) in [5, 5.41) is 16.4. The van der Waals surface area contributed by atoms with Gasteiger partial charge in [0, 0.05) is 18.4 Å². The Hall–Kier alpha value is -2.34. The molecule has 0 saturated carbocycles. The second-order valence-corrected chi connectivity index (χ2v) is 5.23. The number of hydrogen-bond donors (Lipinski definition) is 3. The molecule has 0 fully saturated rings. The van der Waals surface area contributed by atoms with Crippen LogP contribution < -0.4 is 11.1 Å². The van der Waals surface area contributed by atoms with Crippen molar-refractivity contribution < 1.29 is 9.90 Å². The summed E-state index contributed by atoms with van der Waals surface area (Å²) in [6, 6.07) is 8.80. The number of aliphatic hydroxyl groups is 1. The molecule has 1 amide bonds. The first-order valence-corrected chi connectivity index (χ1v) is 6.27. The number of aromatic nitrogens is 2. The van der Waals surface area contributed by atoms with Gasteiger partial charge >= 0.3 is 0 Å². The number of anilines is 1. The van der Waals surface area contributed by atoms with Crippen molar-refractivity contribution in [2.75, 3.05) is 12.3 Å². The van der Waals surface area contributed by atoms with Gasteiger partial charge in [-0.1, -0.05) is 0 Å². The van der Waals surface area contributed by atoms with Crippen molar-refractivity contribution in [2.45, 2.75) is 19.4 Å². The van der Waals surface area contributed by atoms with Gasteiger partial charge in [0.2, 0.25) is 0 Å². The van der Waals surface area contributed by atoms with Crippen molar-refractivity contribution in [2.24, 2.45) is 0 Å². The minimum Gasteiger partial charge on any atom is -0.399 e. The van der Waals surface area contributed by atoms with E-state index in [2.05, 4.69) is 10.4 Å². The Bertz CT molecular complexity index is 596. The van der Waals surface area contributed by atoms with Crippen LogP contribution in [0.3, 0.4) is 0 Å². The molecule has 6 heteroatoms. The van der Waals surface area contributed by atoms with Gasteiger partial charge in [-0.15, -0.1) is 0 Å². The molecule has 1 heterocycles. The summed E-state index contributed by atoms with van der Waals surface area (Å²) in [7, 11) is 0. The molecule has 0 atom stereocenters. The highest BCUT2D eigenvalue weighted by Crippen LogP contribution is 2.10. The maximum atomic E-state index is 11.9. The zero-order valence-corrected chi connectivity index (χ0v) is 11.5. The van der Waals surface area contributed by atoms with Crippen LogP contribution in [0.15, 0.2) is 36.5 Å². The Balaban J connectivity index is 2.09. The summed E-state index contributed by atoms with van der Waals surface area (Å²) in [6.45, 7) is 3.42. The number of benzene rings is 1. The molecule has 1 aromatic carbocycles. The topological polar surface area (TPSA) is 93.2 Å². The zero-order valence-electron chi connectivity index (χ0n) is 11.5. The first-order valence-electron chi connectivity index (χ1n) is 6.27. The molecule has 0 unspecified atom stereocenters. The molecule has 0 saturated heterocycles. The molecule has 0 aliphatic heterocycles. The molecule has 0 aliphatic rings. The van der Waals surface area contributed by atoms with Crippen molar-refractivity contribution in [3.05, 3.63) is 42.2 Å². The fourth-order valence-corrected chi connectivity index (χ4v) is 1.60. The summed E-state index contributed by atoms with van der Waals surface area (Å²) in [5.41, 5.74) is 6.46. The smallest absolute Gasteiger partial charge is 0.271 e. The lowest BCUT2D eigenvalue weighted by molar-refractivity contribution is 0.0691. The molecule has 4 N–H and O–H groups in total. The number of nitrogen functional groups attached to an aromatic ring is 1. The van der Waals surface area contributed by atoms with Crippen molar-refractivity contribution in [1.29, 1.82) is 0 Å². The van der Waals surface area contributed by atoms with Crippen LogP contribution in [0.2, 0.25) is 0 Å². The second-order valence-electron chi connectivity index (χ2n) is 5.23. The Labute approximate surface area is 117 Å². The fraction of sp³-hybridized carbons (Fsp3) is 0.286. The standard InChI is InChI=1S/C14H18N4O2/c1-14(2,20)9-16-13(19)12-7-8-18(17-12)11-5-3-10(15)4-6-11/h3-8,20H,9,15H2,1-2H3,(H,16,19). The minimum atomic E-state index is -0.949. The monoisotopic (exact) mass is 274 g/mol. The van der Waals surface area contributed by atoms with E-state index in [4.69, 9.17) is 5.73 Å². The van der Waals surface area contributed by atoms with Crippen LogP contribution in [0.1, 0.15) is 24.3 Å². The molecule has 6 nitrogen and oxygen atoms in total. The predicted molar refractivity (Wildman–Crippen MR) is 76.6 cm³/mol. The number of carbonyl (C=O) groups is 1. The predicted octanol–water partition coefficient (Wildman–Crippen LogP) is 0.955. The highest BCUT2D eigenvalue weighted by molar-refractivity contribution is 5.92. The normalized spacial score (nSPS) is 11.3. The van der Waals surface area contributed by atoms with Gasteiger partial charge in [-0.05, 0) is 44.2 Å². The van der Waals surface area contributed by atoms with Crippen molar-refractivity contribution in [3.8, 4) is 5.69 Å². The van der Waals surface area contributed by atoms with Gasteiger partial charge in [0.15, 0.2) is 5.69 Å². The maximum absolute atomic E-state index is 11.9. The van der Waals surface area contributed by atoms with E-state index in [0.29, 0.717) is 11.4 Å².